The van der Waals surface area contributed by atoms with Crippen molar-refractivity contribution >= 4 is 17.3 Å². The van der Waals surface area contributed by atoms with Gasteiger partial charge >= 0.3 is 6.18 Å². The van der Waals surface area contributed by atoms with Crippen LogP contribution in [-0.4, -0.2) is 0 Å². The minimum Gasteiger partial charge on any atom is -0.398 e. The van der Waals surface area contributed by atoms with Crippen LogP contribution in [0.4, 0.5) is 18.9 Å². The van der Waals surface area contributed by atoms with Gasteiger partial charge in [-0.25, -0.2) is 0 Å². The Labute approximate surface area is 83.6 Å². The summed E-state index contributed by atoms with van der Waals surface area (Å²) in [6, 6.07) is 1.99. The van der Waals surface area contributed by atoms with Crippen molar-refractivity contribution in [1.82, 2.24) is 0 Å². The molecule has 0 aliphatic rings. The molecule has 0 fully saturated rings. The van der Waals surface area contributed by atoms with Crippen LogP contribution < -0.4 is 11.5 Å². The van der Waals surface area contributed by atoms with Crippen LogP contribution in [0.3, 0.4) is 0 Å². The van der Waals surface area contributed by atoms with E-state index in [1.807, 2.05) is 0 Å². The van der Waals surface area contributed by atoms with Gasteiger partial charge in [-0.15, -0.1) is 0 Å². The molecule has 0 aromatic heterocycles. The van der Waals surface area contributed by atoms with Gasteiger partial charge in [-0.1, -0.05) is 11.6 Å². The van der Waals surface area contributed by atoms with Crippen molar-refractivity contribution in [2.45, 2.75) is 12.7 Å². The van der Waals surface area contributed by atoms with Gasteiger partial charge in [0.15, 0.2) is 0 Å². The van der Waals surface area contributed by atoms with E-state index < -0.39 is 16.8 Å². The first-order valence-corrected chi connectivity index (χ1v) is 4.10. The zero-order valence-corrected chi connectivity index (χ0v) is 7.78. The van der Waals surface area contributed by atoms with E-state index in [1.165, 1.54) is 0 Å². The van der Waals surface area contributed by atoms with Crippen LogP contribution >= 0.6 is 11.6 Å². The maximum atomic E-state index is 12.3. The average Bonchev–Trinajstić information content (AvgIpc) is 2.02. The summed E-state index contributed by atoms with van der Waals surface area (Å²) >= 11 is 5.52. The molecule has 0 saturated heterocycles. The van der Waals surface area contributed by atoms with Crippen molar-refractivity contribution in [1.29, 1.82) is 0 Å². The van der Waals surface area contributed by atoms with Crippen molar-refractivity contribution in [2.24, 2.45) is 5.73 Å². The Morgan fingerprint density at radius 2 is 1.86 bits per heavy atom. The predicted octanol–water partition coefficient (Wildman–Crippen LogP) is 2.40. The molecule has 0 radical (unpaired) electrons. The summed E-state index contributed by atoms with van der Waals surface area (Å²) in [6.45, 7) is -0.116. The summed E-state index contributed by atoms with van der Waals surface area (Å²) in [6.07, 6.45) is -4.48. The molecule has 14 heavy (non-hydrogen) atoms. The van der Waals surface area contributed by atoms with E-state index in [2.05, 4.69) is 0 Å². The van der Waals surface area contributed by atoms with Crippen molar-refractivity contribution in [3.63, 3.8) is 0 Å². The summed E-state index contributed by atoms with van der Waals surface area (Å²) in [4.78, 5) is 0. The standard InChI is InChI=1S/C8H8ClF3N2/c9-7-4(3-13)6(14)2-1-5(7)8(10,11)12/h1-2H,3,13-14H2. The van der Waals surface area contributed by atoms with E-state index in [9.17, 15) is 13.2 Å². The smallest absolute Gasteiger partial charge is 0.398 e. The minimum absolute atomic E-state index is 0.116. The third kappa shape index (κ3) is 1.93. The highest BCUT2D eigenvalue weighted by atomic mass is 35.5. The maximum Gasteiger partial charge on any atom is 0.417 e. The van der Waals surface area contributed by atoms with Crippen LogP contribution in [-0.2, 0) is 12.7 Å². The molecule has 2 nitrogen and oxygen atoms in total. The third-order valence-corrected chi connectivity index (χ3v) is 2.22. The molecule has 6 heteroatoms. The maximum absolute atomic E-state index is 12.3. The first-order chi connectivity index (χ1) is 6.38. The number of rotatable bonds is 1. The van der Waals surface area contributed by atoms with Gasteiger partial charge in [-0.2, -0.15) is 13.2 Å². The molecule has 0 heterocycles. The molecule has 1 rings (SSSR count). The monoisotopic (exact) mass is 224 g/mol. The molecule has 1 aromatic rings. The quantitative estimate of drug-likeness (QED) is 0.720. The molecule has 0 atom stereocenters. The van der Waals surface area contributed by atoms with E-state index in [-0.39, 0.29) is 17.8 Å². The van der Waals surface area contributed by atoms with Crippen LogP contribution in [0.15, 0.2) is 12.1 Å². The lowest BCUT2D eigenvalue weighted by molar-refractivity contribution is -0.137. The highest BCUT2D eigenvalue weighted by Gasteiger charge is 2.34. The van der Waals surface area contributed by atoms with Gasteiger partial charge in [-0.05, 0) is 12.1 Å². The molecule has 0 bridgehead atoms. The molecule has 0 spiro atoms. The largest absolute Gasteiger partial charge is 0.417 e. The number of anilines is 1. The van der Waals surface area contributed by atoms with Gasteiger partial charge in [0.25, 0.3) is 0 Å². The second-order valence-electron chi connectivity index (χ2n) is 2.70. The number of nitrogens with two attached hydrogens (primary N) is 2. The molecule has 0 amide bonds. The molecular weight excluding hydrogens is 217 g/mol. The molecule has 0 saturated carbocycles. The fourth-order valence-electron chi connectivity index (χ4n) is 1.06. The summed E-state index contributed by atoms with van der Waals surface area (Å²) in [7, 11) is 0. The van der Waals surface area contributed by atoms with Crippen LogP contribution in [0.5, 0.6) is 0 Å². The van der Waals surface area contributed by atoms with Gasteiger partial charge in [-0.3, -0.25) is 0 Å². The average molecular weight is 225 g/mol. The Balaban J connectivity index is 3.36. The fourth-order valence-corrected chi connectivity index (χ4v) is 1.42. The van der Waals surface area contributed by atoms with Gasteiger partial charge in [0.05, 0.1) is 10.6 Å². The third-order valence-electron chi connectivity index (χ3n) is 1.79. The zero-order valence-electron chi connectivity index (χ0n) is 7.03. The number of benzene rings is 1. The van der Waals surface area contributed by atoms with E-state index >= 15 is 0 Å². The molecule has 4 N–H and O–H groups in total. The normalized spacial score (nSPS) is 11.8. The lowest BCUT2D eigenvalue weighted by Gasteiger charge is -2.13. The summed E-state index contributed by atoms with van der Waals surface area (Å²) in [5.74, 6) is 0. The fraction of sp³-hybridized carbons (Fsp3) is 0.250. The minimum atomic E-state index is -4.48. The highest BCUT2D eigenvalue weighted by molar-refractivity contribution is 6.32. The van der Waals surface area contributed by atoms with Gasteiger partial charge in [0.2, 0.25) is 0 Å². The lowest BCUT2D eigenvalue weighted by Crippen LogP contribution is -2.10. The Morgan fingerprint density at radius 3 is 2.29 bits per heavy atom. The van der Waals surface area contributed by atoms with Crippen molar-refractivity contribution in [2.75, 3.05) is 5.73 Å². The number of alkyl halides is 3. The number of hydrogen-bond donors (Lipinski definition) is 2. The Hall–Kier alpha value is -0.940. The summed E-state index contributed by atoms with van der Waals surface area (Å²) in [5.41, 5.74) is 10.0. The van der Waals surface area contributed by atoms with Gasteiger partial charge < -0.3 is 11.5 Å². The van der Waals surface area contributed by atoms with Crippen LogP contribution in [0.1, 0.15) is 11.1 Å². The molecule has 0 aliphatic carbocycles. The summed E-state index contributed by atoms with van der Waals surface area (Å²) in [5, 5.41) is -0.417. The van der Waals surface area contributed by atoms with Crippen LogP contribution in [0.2, 0.25) is 5.02 Å². The second kappa shape index (κ2) is 3.67. The SMILES string of the molecule is NCc1c(N)ccc(C(F)(F)F)c1Cl. The van der Waals surface area contributed by atoms with Crippen molar-refractivity contribution in [3.8, 4) is 0 Å². The lowest BCUT2D eigenvalue weighted by atomic mass is 10.1. The first kappa shape index (κ1) is 11.1. The summed E-state index contributed by atoms with van der Waals surface area (Å²) < 4.78 is 37.0. The number of nitrogen functional groups attached to an aromatic ring is 1. The van der Waals surface area contributed by atoms with Gasteiger partial charge in [0, 0.05) is 17.8 Å². The zero-order chi connectivity index (χ0) is 10.9. The number of halogens is 4. The van der Waals surface area contributed by atoms with E-state index in [0.29, 0.717) is 0 Å². The Bertz CT molecular complexity index is 349. The first-order valence-electron chi connectivity index (χ1n) is 3.72. The van der Waals surface area contributed by atoms with Gasteiger partial charge in [0.1, 0.15) is 0 Å². The molecule has 0 unspecified atom stereocenters. The highest BCUT2D eigenvalue weighted by Crippen LogP contribution is 2.37. The van der Waals surface area contributed by atoms with Crippen molar-refractivity contribution < 1.29 is 13.2 Å². The molecular formula is C8H8ClF3N2. The number of hydrogen-bond acceptors (Lipinski definition) is 2. The van der Waals surface area contributed by atoms with Crippen molar-refractivity contribution in [3.05, 3.63) is 28.3 Å². The second-order valence-corrected chi connectivity index (χ2v) is 3.07. The Morgan fingerprint density at radius 1 is 1.29 bits per heavy atom. The van der Waals surface area contributed by atoms with Crippen LogP contribution in [0.25, 0.3) is 0 Å². The van der Waals surface area contributed by atoms with E-state index in [4.69, 9.17) is 23.1 Å². The molecule has 78 valence electrons. The Kier molecular flexibility index (Phi) is 2.92. The van der Waals surface area contributed by atoms with E-state index in [0.717, 1.165) is 12.1 Å². The predicted molar refractivity (Wildman–Crippen MR) is 48.8 cm³/mol. The topological polar surface area (TPSA) is 52.0 Å². The molecule has 1 aromatic carbocycles. The van der Waals surface area contributed by atoms with E-state index in [1.54, 1.807) is 0 Å². The molecule has 0 aliphatic heterocycles. The van der Waals surface area contributed by atoms with Crippen LogP contribution in [0, 0.1) is 0 Å².